The van der Waals surface area contributed by atoms with E-state index in [9.17, 15) is 0 Å². The molecule has 29 heavy (non-hydrogen) atoms. The molecule has 0 spiro atoms. The minimum Gasteiger partial charge on any atom is -0.490 e. The van der Waals surface area contributed by atoms with E-state index in [0.29, 0.717) is 19.1 Å². The van der Waals surface area contributed by atoms with Crippen molar-refractivity contribution in [3.8, 4) is 17.4 Å². The fourth-order valence-electron chi connectivity index (χ4n) is 3.43. The van der Waals surface area contributed by atoms with Crippen LogP contribution in [0.25, 0.3) is 0 Å². The van der Waals surface area contributed by atoms with Gasteiger partial charge in [-0.15, -0.1) is 0 Å². The van der Waals surface area contributed by atoms with Crippen molar-refractivity contribution in [1.82, 2.24) is 15.3 Å². The standard InChI is InChI=1S/C21H28N4O4/c1-2-18(16-19(3-1)29-17-4-12-26-13-5-17)27-14-15-28-21-20(23-6-7-24-21)25-10-8-22-9-11-25/h1-3,6-7,16-17,22H,4-5,8-15H2. The number of hydrogen-bond donors (Lipinski definition) is 1. The summed E-state index contributed by atoms with van der Waals surface area (Å²) in [6.07, 6.45) is 5.41. The third kappa shape index (κ3) is 5.71. The van der Waals surface area contributed by atoms with Crippen LogP contribution in [0.15, 0.2) is 36.7 Å². The largest absolute Gasteiger partial charge is 0.490 e. The Kier molecular flexibility index (Phi) is 6.98. The fourth-order valence-corrected chi connectivity index (χ4v) is 3.43. The first-order valence-corrected chi connectivity index (χ1v) is 10.3. The minimum absolute atomic E-state index is 0.211. The maximum absolute atomic E-state index is 6.03. The number of benzene rings is 1. The Morgan fingerprint density at radius 1 is 1.00 bits per heavy atom. The third-order valence-corrected chi connectivity index (χ3v) is 4.93. The van der Waals surface area contributed by atoms with Crippen molar-refractivity contribution in [1.29, 1.82) is 0 Å². The second-order valence-corrected chi connectivity index (χ2v) is 7.02. The van der Waals surface area contributed by atoms with Crippen LogP contribution in [0.5, 0.6) is 17.4 Å². The monoisotopic (exact) mass is 400 g/mol. The summed E-state index contributed by atoms with van der Waals surface area (Å²) in [6, 6.07) is 7.74. The first-order chi connectivity index (χ1) is 14.4. The molecule has 1 N–H and O–H groups in total. The molecule has 8 nitrogen and oxygen atoms in total. The summed E-state index contributed by atoms with van der Waals surface area (Å²) in [4.78, 5) is 11.0. The van der Waals surface area contributed by atoms with Crippen LogP contribution in [0.4, 0.5) is 5.82 Å². The Balaban J connectivity index is 1.26. The van der Waals surface area contributed by atoms with Gasteiger partial charge < -0.3 is 29.2 Å². The lowest BCUT2D eigenvalue weighted by atomic mass is 10.1. The first kappa shape index (κ1) is 19.7. The van der Waals surface area contributed by atoms with Gasteiger partial charge in [0.25, 0.3) is 5.88 Å². The lowest BCUT2D eigenvalue weighted by Crippen LogP contribution is -2.44. The second kappa shape index (κ2) is 10.3. The molecule has 0 bridgehead atoms. The SMILES string of the molecule is c1cc(OCCOc2nccnc2N2CCNCC2)cc(OC2CCOCC2)c1. The Morgan fingerprint density at radius 2 is 1.76 bits per heavy atom. The van der Waals surface area contributed by atoms with Crippen molar-refractivity contribution in [2.24, 2.45) is 0 Å². The van der Waals surface area contributed by atoms with Gasteiger partial charge in [0.05, 0.1) is 13.2 Å². The highest BCUT2D eigenvalue weighted by Crippen LogP contribution is 2.24. The zero-order valence-corrected chi connectivity index (χ0v) is 16.6. The summed E-state index contributed by atoms with van der Waals surface area (Å²) in [6.45, 7) is 5.99. The summed E-state index contributed by atoms with van der Waals surface area (Å²) in [5.74, 6) is 2.93. The molecule has 2 fully saturated rings. The summed E-state index contributed by atoms with van der Waals surface area (Å²) in [5.41, 5.74) is 0. The predicted molar refractivity (Wildman–Crippen MR) is 109 cm³/mol. The van der Waals surface area contributed by atoms with Crippen LogP contribution in [-0.2, 0) is 4.74 Å². The normalized spacial score (nSPS) is 17.7. The van der Waals surface area contributed by atoms with Crippen LogP contribution in [0, 0.1) is 0 Å². The van der Waals surface area contributed by atoms with Crippen molar-refractivity contribution >= 4 is 5.82 Å². The maximum Gasteiger partial charge on any atom is 0.257 e. The van der Waals surface area contributed by atoms with Gasteiger partial charge in [-0.2, -0.15) is 0 Å². The number of nitrogens with one attached hydrogen (secondary N) is 1. The molecule has 2 saturated heterocycles. The van der Waals surface area contributed by atoms with Gasteiger partial charge >= 0.3 is 0 Å². The number of rotatable bonds is 8. The number of hydrogen-bond acceptors (Lipinski definition) is 8. The van der Waals surface area contributed by atoms with Gasteiger partial charge in [0.2, 0.25) is 0 Å². The van der Waals surface area contributed by atoms with E-state index in [1.165, 1.54) is 0 Å². The quantitative estimate of drug-likeness (QED) is 0.674. The highest BCUT2D eigenvalue weighted by Gasteiger charge is 2.17. The number of aromatic nitrogens is 2. The van der Waals surface area contributed by atoms with Crippen molar-refractivity contribution in [3.63, 3.8) is 0 Å². The molecule has 0 amide bonds. The summed E-state index contributed by atoms with van der Waals surface area (Å²) in [7, 11) is 0. The molecule has 156 valence electrons. The molecule has 8 heteroatoms. The highest BCUT2D eigenvalue weighted by atomic mass is 16.5. The molecule has 0 aliphatic carbocycles. The van der Waals surface area contributed by atoms with Gasteiger partial charge in [0.15, 0.2) is 5.82 Å². The zero-order chi connectivity index (χ0) is 19.7. The smallest absolute Gasteiger partial charge is 0.257 e. The topological polar surface area (TPSA) is 78.0 Å². The van der Waals surface area contributed by atoms with Gasteiger partial charge in [0, 0.05) is 57.5 Å². The maximum atomic E-state index is 6.03. The molecular formula is C21H28N4O4. The summed E-state index contributed by atoms with van der Waals surface area (Å²) in [5, 5.41) is 3.34. The molecule has 4 rings (SSSR count). The first-order valence-electron chi connectivity index (χ1n) is 10.3. The van der Waals surface area contributed by atoms with Gasteiger partial charge in [-0.3, -0.25) is 0 Å². The number of ether oxygens (including phenoxy) is 4. The highest BCUT2D eigenvalue weighted by molar-refractivity contribution is 5.48. The molecule has 3 heterocycles. The van der Waals surface area contributed by atoms with E-state index in [0.717, 1.165) is 69.6 Å². The lowest BCUT2D eigenvalue weighted by Gasteiger charge is -2.28. The third-order valence-electron chi connectivity index (χ3n) is 4.93. The van der Waals surface area contributed by atoms with E-state index < -0.39 is 0 Å². The second-order valence-electron chi connectivity index (χ2n) is 7.02. The van der Waals surface area contributed by atoms with Crippen molar-refractivity contribution in [3.05, 3.63) is 36.7 Å². The molecule has 0 unspecified atom stereocenters. The Labute approximate surface area is 171 Å². The van der Waals surface area contributed by atoms with Crippen molar-refractivity contribution < 1.29 is 18.9 Å². The molecule has 2 aromatic rings. The van der Waals surface area contributed by atoms with Gasteiger partial charge in [-0.25, -0.2) is 9.97 Å². The molecule has 0 atom stereocenters. The average molecular weight is 400 g/mol. The van der Waals surface area contributed by atoms with E-state index in [1.807, 2.05) is 24.3 Å². The number of piperazine rings is 1. The lowest BCUT2D eigenvalue weighted by molar-refractivity contribution is 0.0255. The van der Waals surface area contributed by atoms with E-state index in [-0.39, 0.29) is 6.10 Å². The average Bonchev–Trinajstić information content (AvgIpc) is 2.79. The molecule has 2 aliphatic heterocycles. The van der Waals surface area contributed by atoms with Crippen LogP contribution in [-0.4, -0.2) is 68.7 Å². The van der Waals surface area contributed by atoms with Crippen LogP contribution in [0.2, 0.25) is 0 Å². The number of anilines is 1. The molecule has 0 saturated carbocycles. The summed E-state index contributed by atoms with van der Waals surface area (Å²) < 4.78 is 23.1. The van der Waals surface area contributed by atoms with Crippen LogP contribution in [0.1, 0.15) is 12.8 Å². The van der Waals surface area contributed by atoms with Crippen LogP contribution in [0.3, 0.4) is 0 Å². The van der Waals surface area contributed by atoms with Crippen LogP contribution >= 0.6 is 0 Å². The van der Waals surface area contributed by atoms with Gasteiger partial charge in [-0.1, -0.05) is 6.07 Å². The minimum atomic E-state index is 0.211. The fraction of sp³-hybridized carbons (Fsp3) is 0.524. The van der Waals surface area contributed by atoms with E-state index >= 15 is 0 Å². The van der Waals surface area contributed by atoms with Gasteiger partial charge in [0.1, 0.15) is 30.8 Å². The molecule has 0 radical (unpaired) electrons. The van der Waals surface area contributed by atoms with E-state index in [1.54, 1.807) is 12.4 Å². The van der Waals surface area contributed by atoms with Gasteiger partial charge in [-0.05, 0) is 12.1 Å². The van der Waals surface area contributed by atoms with E-state index in [2.05, 4.69) is 20.2 Å². The Hall–Kier alpha value is -2.58. The molecule has 1 aromatic heterocycles. The Bertz CT molecular complexity index is 764. The van der Waals surface area contributed by atoms with Crippen molar-refractivity contribution in [2.45, 2.75) is 18.9 Å². The Morgan fingerprint density at radius 3 is 2.62 bits per heavy atom. The molecular weight excluding hydrogens is 372 g/mol. The summed E-state index contributed by atoms with van der Waals surface area (Å²) >= 11 is 0. The van der Waals surface area contributed by atoms with Crippen molar-refractivity contribution in [2.75, 3.05) is 57.5 Å². The molecule has 1 aromatic carbocycles. The predicted octanol–water partition coefficient (Wildman–Crippen LogP) is 1.90. The molecule has 2 aliphatic rings. The van der Waals surface area contributed by atoms with Crippen LogP contribution < -0.4 is 24.4 Å². The van der Waals surface area contributed by atoms with E-state index in [4.69, 9.17) is 18.9 Å². The number of nitrogens with zero attached hydrogens (tertiary/aromatic N) is 3. The zero-order valence-electron chi connectivity index (χ0n) is 16.6.